The predicted molar refractivity (Wildman–Crippen MR) is 36.3 cm³/mol. The average molecular weight is 131 g/mol. The van der Waals surface area contributed by atoms with E-state index in [2.05, 4.69) is 11.7 Å². The van der Waals surface area contributed by atoms with Crippen LogP contribution >= 0.6 is 0 Å². The van der Waals surface area contributed by atoms with Crippen LogP contribution in [0.1, 0.15) is 32.6 Å². The van der Waals surface area contributed by atoms with Gasteiger partial charge >= 0.3 is 0 Å². The van der Waals surface area contributed by atoms with Crippen LogP contribution in [0, 0.1) is 6.79 Å². The Morgan fingerprint density at radius 3 is 2.67 bits per heavy atom. The Morgan fingerprint density at radius 2 is 2.11 bits per heavy atom. The molecule has 0 saturated heterocycles. The molecule has 0 bridgehead atoms. The minimum atomic E-state index is 0.649. The molecule has 9 heavy (non-hydrogen) atoms. The Hall–Kier alpha value is -0.0800. The summed E-state index contributed by atoms with van der Waals surface area (Å²) in [7, 11) is 0. The summed E-state index contributed by atoms with van der Waals surface area (Å²) in [5, 5.41) is 8.08. The molecule has 1 N–H and O–H groups in total. The van der Waals surface area contributed by atoms with Crippen LogP contribution in [-0.4, -0.2) is 11.7 Å². The molecule has 55 valence electrons. The first-order chi connectivity index (χ1) is 4.41. The molecule has 2 heteroatoms. The van der Waals surface area contributed by atoms with Crippen LogP contribution < -0.4 is 0 Å². The number of aliphatic hydroxyl groups is 1. The van der Waals surface area contributed by atoms with Gasteiger partial charge in [0.25, 0.3) is 0 Å². The smallest absolute Gasteiger partial charge is 0.206 e. The lowest BCUT2D eigenvalue weighted by Gasteiger charge is -1.97. The average Bonchev–Trinajstić information content (AvgIpc) is 1.89. The van der Waals surface area contributed by atoms with E-state index in [0.717, 1.165) is 13.2 Å². The highest BCUT2D eigenvalue weighted by atomic mass is 16.6. The first-order valence-electron chi connectivity index (χ1n) is 3.49. The maximum absolute atomic E-state index is 8.08. The first-order valence-corrected chi connectivity index (χ1v) is 3.49. The van der Waals surface area contributed by atoms with Crippen molar-refractivity contribution in [3.63, 3.8) is 0 Å². The van der Waals surface area contributed by atoms with Crippen molar-refractivity contribution >= 4 is 0 Å². The molecule has 0 saturated carbocycles. The van der Waals surface area contributed by atoms with Crippen molar-refractivity contribution in [3.8, 4) is 0 Å². The van der Waals surface area contributed by atoms with E-state index in [1.54, 1.807) is 0 Å². The predicted octanol–water partition coefficient (Wildman–Crippen LogP) is 2.08. The van der Waals surface area contributed by atoms with Gasteiger partial charge in [-0.1, -0.05) is 26.2 Å². The SMILES string of the molecule is CCCCCCO[CH]O. The van der Waals surface area contributed by atoms with Gasteiger partial charge < -0.3 is 9.84 Å². The zero-order chi connectivity index (χ0) is 6.95. The number of ether oxygens (including phenoxy) is 1. The molecule has 0 rings (SSSR count). The van der Waals surface area contributed by atoms with Gasteiger partial charge in [-0.3, -0.25) is 0 Å². The fraction of sp³-hybridized carbons (Fsp3) is 0.857. The van der Waals surface area contributed by atoms with Crippen molar-refractivity contribution in [2.45, 2.75) is 32.6 Å². The third kappa shape index (κ3) is 7.92. The number of aliphatic hydroxyl groups excluding tert-OH is 1. The lowest BCUT2D eigenvalue weighted by atomic mass is 10.2. The molecule has 0 fully saturated rings. The summed E-state index contributed by atoms with van der Waals surface area (Å²) in [6.07, 6.45) is 4.74. The van der Waals surface area contributed by atoms with Gasteiger partial charge in [0.05, 0.1) is 0 Å². The fourth-order valence-corrected chi connectivity index (χ4v) is 0.665. The molecule has 0 atom stereocenters. The van der Waals surface area contributed by atoms with Gasteiger partial charge in [0.2, 0.25) is 6.79 Å². The van der Waals surface area contributed by atoms with E-state index in [-0.39, 0.29) is 0 Å². The van der Waals surface area contributed by atoms with Gasteiger partial charge in [0.1, 0.15) is 0 Å². The highest BCUT2D eigenvalue weighted by molar-refractivity contribution is 4.38. The molecule has 0 unspecified atom stereocenters. The maximum atomic E-state index is 8.08. The van der Waals surface area contributed by atoms with Crippen LogP contribution in [0.15, 0.2) is 0 Å². The van der Waals surface area contributed by atoms with Crippen LogP contribution in [-0.2, 0) is 4.74 Å². The second-order valence-corrected chi connectivity index (χ2v) is 2.04. The lowest BCUT2D eigenvalue weighted by molar-refractivity contribution is 0.0758. The van der Waals surface area contributed by atoms with Gasteiger partial charge in [-0.2, -0.15) is 0 Å². The van der Waals surface area contributed by atoms with Crippen LogP contribution in [0.5, 0.6) is 0 Å². The summed E-state index contributed by atoms with van der Waals surface area (Å²) < 4.78 is 4.61. The highest BCUT2D eigenvalue weighted by Crippen LogP contribution is 1.98. The number of hydrogen-bond acceptors (Lipinski definition) is 2. The Bertz CT molecular complexity index is 40.2. The zero-order valence-corrected chi connectivity index (χ0v) is 5.97. The van der Waals surface area contributed by atoms with E-state index in [1.165, 1.54) is 19.3 Å². The van der Waals surface area contributed by atoms with Crippen LogP contribution in [0.2, 0.25) is 0 Å². The monoisotopic (exact) mass is 131 g/mol. The second-order valence-electron chi connectivity index (χ2n) is 2.04. The van der Waals surface area contributed by atoms with Gasteiger partial charge in [0, 0.05) is 6.61 Å². The first kappa shape index (κ1) is 8.92. The van der Waals surface area contributed by atoms with Gasteiger partial charge in [-0.25, -0.2) is 0 Å². The molecule has 0 aromatic heterocycles. The van der Waals surface area contributed by atoms with Crippen molar-refractivity contribution in [2.24, 2.45) is 0 Å². The minimum absolute atomic E-state index is 0.649. The van der Waals surface area contributed by atoms with E-state index >= 15 is 0 Å². The van der Waals surface area contributed by atoms with Crippen molar-refractivity contribution in [2.75, 3.05) is 6.61 Å². The molecule has 0 aliphatic heterocycles. The minimum Gasteiger partial charge on any atom is -0.364 e. The maximum Gasteiger partial charge on any atom is 0.206 e. The third-order valence-corrected chi connectivity index (χ3v) is 1.19. The molecule has 2 nitrogen and oxygen atoms in total. The summed E-state index contributed by atoms with van der Waals surface area (Å²) >= 11 is 0. The standard InChI is InChI=1S/C7H15O2/c1-2-3-4-5-6-9-7-8/h7-8H,2-6H2,1H3. The number of rotatable bonds is 6. The van der Waals surface area contributed by atoms with Crippen LogP contribution in [0.3, 0.4) is 0 Å². The molecule has 1 radical (unpaired) electrons. The molecule has 0 spiro atoms. The summed E-state index contributed by atoms with van der Waals surface area (Å²) in [5.74, 6) is 0. The molecule has 0 aromatic rings. The largest absolute Gasteiger partial charge is 0.364 e. The normalized spacial score (nSPS) is 10.0. The summed E-state index contributed by atoms with van der Waals surface area (Å²) in [6.45, 7) is 3.57. The third-order valence-electron chi connectivity index (χ3n) is 1.19. The Kier molecular flexibility index (Phi) is 7.85. The molecule has 0 heterocycles. The second kappa shape index (κ2) is 7.92. The molecular weight excluding hydrogens is 116 g/mol. The molecule has 0 aliphatic rings. The molecule has 0 aromatic carbocycles. The van der Waals surface area contributed by atoms with Gasteiger partial charge in [-0.15, -0.1) is 0 Å². The van der Waals surface area contributed by atoms with E-state index in [4.69, 9.17) is 5.11 Å². The lowest BCUT2D eigenvalue weighted by Crippen LogP contribution is -1.90. The molecular formula is C7H15O2. The Balaban J connectivity index is 2.60. The Morgan fingerprint density at radius 1 is 1.33 bits per heavy atom. The highest BCUT2D eigenvalue weighted by Gasteiger charge is 1.86. The number of unbranched alkanes of at least 4 members (excludes halogenated alkanes) is 3. The Labute approximate surface area is 56.8 Å². The molecule has 0 aliphatic carbocycles. The van der Waals surface area contributed by atoms with Crippen LogP contribution in [0.4, 0.5) is 0 Å². The summed E-state index contributed by atoms with van der Waals surface area (Å²) in [6, 6.07) is 0. The van der Waals surface area contributed by atoms with E-state index in [1.807, 2.05) is 0 Å². The fourth-order valence-electron chi connectivity index (χ4n) is 0.665. The van der Waals surface area contributed by atoms with Crippen molar-refractivity contribution < 1.29 is 9.84 Å². The summed E-state index contributed by atoms with van der Waals surface area (Å²) in [5.41, 5.74) is 0. The van der Waals surface area contributed by atoms with E-state index < -0.39 is 0 Å². The van der Waals surface area contributed by atoms with Gasteiger partial charge in [-0.05, 0) is 6.42 Å². The van der Waals surface area contributed by atoms with E-state index in [9.17, 15) is 0 Å². The van der Waals surface area contributed by atoms with Gasteiger partial charge in [0.15, 0.2) is 0 Å². The van der Waals surface area contributed by atoms with Crippen molar-refractivity contribution in [3.05, 3.63) is 6.79 Å². The molecule has 0 amide bonds. The topological polar surface area (TPSA) is 29.5 Å². The van der Waals surface area contributed by atoms with Crippen molar-refractivity contribution in [1.29, 1.82) is 0 Å². The quantitative estimate of drug-likeness (QED) is 0.559. The van der Waals surface area contributed by atoms with Crippen molar-refractivity contribution in [1.82, 2.24) is 0 Å². The number of hydrogen-bond donors (Lipinski definition) is 1. The van der Waals surface area contributed by atoms with Crippen LogP contribution in [0.25, 0.3) is 0 Å². The summed E-state index contributed by atoms with van der Waals surface area (Å²) in [4.78, 5) is 0. The van der Waals surface area contributed by atoms with E-state index in [0.29, 0.717) is 6.61 Å². The zero-order valence-electron chi connectivity index (χ0n) is 5.97.